The number of fused-ring (bicyclic) bond motifs is 2. The molecule has 3 aromatic carbocycles. The fourth-order valence-electron chi connectivity index (χ4n) is 3.42. The lowest BCUT2D eigenvalue weighted by molar-refractivity contribution is 0.356. The number of hydrogen-bond acceptors (Lipinski definition) is 2. The van der Waals surface area contributed by atoms with E-state index in [1.165, 1.54) is 42.4 Å². The summed E-state index contributed by atoms with van der Waals surface area (Å²) in [7, 11) is 0. The molecule has 0 atom stereocenters. The molecule has 1 heterocycles. The van der Waals surface area contributed by atoms with E-state index in [9.17, 15) is 0 Å². The minimum Gasteiger partial charge on any atom is -0.449 e. The van der Waals surface area contributed by atoms with Crippen LogP contribution in [0.15, 0.2) is 66.7 Å². The van der Waals surface area contributed by atoms with E-state index in [4.69, 9.17) is 9.47 Å². The predicted octanol–water partition coefficient (Wildman–Crippen LogP) is 7.37. The smallest absolute Gasteiger partial charge is 0.173 e. The first kappa shape index (κ1) is 16.7. The third kappa shape index (κ3) is 3.45. The molecule has 3 aromatic rings. The summed E-state index contributed by atoms with van der Waals surface area (Å²) in [6.45, 7) is 2.24. The standard InChI is InChI=1S/C24H24O2/c1-2-3-4-6-13-19-16-20(18-11-7-5-8-12-18)17-23-24(19)26-22-15-10-9-14-21(22)25-23/h5,7-12,14-17H,2-4,6,13H2,1H3. The zero-order valence-corrected chi connectivity index (χ0v) is 15.2. The molecule has 0 bridgehead atoms. The van der Waals surface area contributed by atoms with E-state index < -0.39 is 0 Å². The van der Waals surface area contributed by atoms with E-state index in [-0.39, 0.29) is 0 Å². The van der Waals surface area contributed by atoms with Crippen LogP contribution in [0, 0.1) is 0 Å². The highest BCUT2D eigenvalue weighted by Crippen LogP contribution is 2.48. The summed E-state index contributed by atoms with van der Waals surface area (Å²) in [6.07, 6.45) is 5.95. The third-order valence-corrected chi connectivity index (χ3v) is 4.82. The Morgan fingerprint density at radius 3 is 2.15 bits per heavy atom. The molecule has 0 N–H and O–H groups in total. The lowest BCUT2D eigenvalue weighted by atomic mass is 9.98. The van der Waals surface area contributed by atoms with Gasteiger partial charge in [0.2, 0.25) is 0 Å². The maximum Gasteiger partial charge on any atom is 0.173 e. The van der Waals surface area contributed by atoms with Gasteiger partial charge in [-0.2, -0.15) is 0 Å². The lowest BCUT2D eigenvalue weighted by Gasteiger charge is -2.24. The quantitative estimate of drug-likeness (QED) is 0.340. The fourth-order valence-corrected chi connectivity index (χ4v) is 3.42. The van der Waals surface area contributed by atoms with Crippen LogP contribution in [0.3, 0.4) is 0 Å². The molecule has 26 heavy (non-hydrogen) atoms. The molecule has 0 unspecified atom stereocenters. The molecule has 4 rings (SSSR count). The van der Waals surface area contributed by atoms with Crippen molar-refractivity contribution in [1.29, 1.82) is 0 Å². The molecule has 0 amide bonds. The van der Waals surface area contributed by atoms with Crippen LogP contribution < -0.4 is 9.47 Å². The van der Waals surface area contributed by atoms with Crippen molar-refractivity contribution in [1.82, 2.24) is 0 Å². The molecule has 0 saturated carbocycles. The number of hydrogen-bond donors (Lipinski definition) is 0. The van der Waals surface area contributed by atoms with Crippen LogP contribution in [0.2, 0.25) is 0 Å². The zero-order valence-electron chi connectivity index (χ0n) is 15.2. The van der Waals surface area contributed by atoms with Gasteiger partial charge in [-0.15, -0.1) is 0 Å². The summed E-state index contributed by atoms with van der Waals surface area (Å²) in [5.74, 6) is 3.26. The van der Waals surface area contributed by atoms with Crippen LogP contribution >= 0.6 is 0 Å². The van der Waals surface area contributed by atoms with Gasteiger partial charge in [0, 0.05) is 0 Å². The van der Waals surface area contributed by atoms with Gasteiger partial charge < -0.3 is 9.47 Å². The van der Waals surface area contributed by atoms with Gasteiger partial charge in [-0.3, -0.25) is 0 Å². The van der Waals surface area contributed by atoms with Gasteiger partial charge in [0.25, 0.3) is 0 Å². The summed E-state index contributed by atoms with van der Waals surface area (Å²) < 4.78 is 12.4. The van der Waals surface area contributed by atoms with Gasteiger partial charge in [-0.05, 0) is 53.8 Å². The van der Waals surface area contributed by atoms with E-state index in [0.29, 0.717) is 0 Å². The Hall–Kier alpha value is -2.74. The number of aryl methyl sites for hydroxylation is 1. The Morgan fingerprint density at radius 2 is 1.38 bits per heavy atom. The average molecular weight is 344 g/mol. The average Bonchev–Trinajstić information content (AvgIpc) is 2.70. The minimum atomic E-state index is 0.780. The highest BCUT2D eigenvalue weighted by atomic mass is 16.6. The van der Waals surface area contributed by atoms with Crippen LogP contribution in [0.4, 0.5) is 0 Å². The molecule has 0 saturated heterocycles. The third-order valence-electron chi connectivity index (χ3n) is 4.82. The van der Waals surface area contributed by atoms with Gasteiger partial charge in [0.15, 0.2) is 23.0 Å². The number of para-hydroxylation sites is 2. The summed E-state index contributed by atoms with van der Waals surface area (Å²) in [4.78, 5) is 0. The summed E-state index contributed by atoms with van der Waals surface area (Å²) in [5.41, 5.74) is 3.61. The highest BCUT2D eigenvalue weighted by Gasteiger charge is 2.22. The Balaban J connectivity index is 1.71. The maximum atomic E-state index is 6.23. The molecule has 0 aliphatic carbocycles. The van der Waals surface area contributed by atoms with Gasteiger partial charge in [-0.25, -0.2) is 0 Å². The molecule has 0 aromatic heterocycles. The van der Waals surface area contributed by atoms with Crippen molar-refractivity contribution in [3.05, 3.63) is 72.3 Å². The van der Waals surface area contributed by atoms with Gasteiger partial charge in [-0.1, -0.05) is 68.7 Å². The molecule has 132 valence electrons. The first-order chi connectivity index (χ1) is 12.8. The van der Waals surface area contributed by atoms with Gasteiger partial charge in [0.05, 0.1) is 0 Å². The van der Waals surface area contributed by atoms with Crippen molar-refractivity contribution in [2.24, 2.45) is 0 Å². The summed E-state index contributed by atoms with van der Waals surface area (Å²) in [6, 6.07) is 22.7. The van der Waals surface area contributed by atoms with Crippen LogP contribution in [0.25, 0.3) is 11.1 Å². The van der Waals surface area contributed by atoms with Crippen LogP contribution in [0.5, 0.6) is 23.0 Å². The van der Waals surface area contributed by atoms with Crippen LogP contribution in [0.1, 0.15) is 38.2 Å². The Kier molecular flexibility index (Phi) is 4.92. The topological polar surface area (TPSA) is 18.5 Å². The first-order valence-corrected chi connectivity index (χ1v) is 9.52. The lowest BCUT2D eigenvalue weighted by Crippen LogP contribution is -2.03. The Morgan fingerprint density at radius 1 is 0.654 bits per heavy atom. The number of ether oxygens (including phenoxy) is 2. The molecular formula is C24H24O2. The van der Waals surface area contributed by atoms with Gasteiger partial charge in [0.1, 0.15) is 0 Å². The molecule has 2 nitrogen and oxygen atoms in total. The molecule has 2 heteroatoms. The second-order valence-electron chi connectivity index (χ2n) is 6.79. The van der Waals surface area contributed by atoms with Crippen molar-refractivity contribution in [3.8, 4) is 34.1 Å². The summed E-state index contributed by atoms with van der Waals surface area (Å²) in [5, 5.41) is 0. The van der Waals surface area contributed by atoms with Crippen molar-refractivity contribution >= 4 is 0 Å². The normalized spacial score (nSPS) is 11.9. The molecular weight excluding hydrogens is 320 g/mol. The Labute approximate surface area is 155 Å². The van der Waals surface area contributed by atoms with Crippen molar-refractivity contribution in [3.63, 3.8) is 0 Å². The highest BCUT2D eigenvalue weighted by molar-refractivity contribution is 5.71. The van der Waals surface area contributed by atoms with Crippen LogP contribution in [-0.4, -0.2) is 0 Å². The van der Waals surface area contributed by atoms with Crippen LogP contribution in [-0.2, 0) is 6.42 Å². The second kappa shape index (κ2) is 7.65. The molecule has 1 aliphatic heterocycles. The summed E-state index contributed by atoms with van der Waals surface area (Å²) >= 11 is 0. The van der Waals surface area contributed by atoms with E-state index in [2.05, 4.69) is 43.3 Å². The first-order valence-electron chi connectivity index (χ1n) is 9.52. The zero-order chi connectivity index (χ0) is 17.8. The van der Waals surface area contributed by atoms with Crippen molar-refractivity contribution in [2.45, 2.75) is 39.0 Å². The van der Waals surface area contributed by atoms with E-state index in [1.807, 2.05) is 30.3 Å². The monoisotopic (exact) mass is 344 g/mol. The SMILES string of the molecule is CCCCCCc1cc(-c2ccccc2)cc2c1Oc1ccccc1O2. The Bertz CT molecular complexity index is 884. The molecule has 0 fully saturated rings. The van der Waals surface area contributed by atoms with E-state index >= 15 is 0 Å². The number of benzene rings is 3. The van der Waals surface area contributed by atoms with Crippen molar-refractivity contribution in [2.75, 3.05) is 0 Å². The fraction of sp³-hybridized carbons (Fsp3) is 0.250. The largest absolute Gasteiger partial charge is 0.449 e. The number of unbranched alkanes of at least 4 members (excludes halogenated alkanes) is 3. The second-order valence-corrected chi connectivity index (χ2v) is 6.79. The van der Waals surface area contributed by atoms with E-state index in [1.54, 1.807) is 0 Å². The maximum absolute atomic E-state index is 6.23. The van der Waals surface area contributed by atoms with E-state index in [0.717, 1.165) is 29.4 Å². The van der Waals surface area contributed by atoms with Gasteiger partial charge >= 0.3 is 0 Å². The minimum absolute atomic E-state index is 0.780. The molecule has 0 radical (unpaired) electrons. The molecule has 0 spiro atoms. The number of rotatable bonds is 6. The predicted molar refractivity (Wildman–Crippen MR) is 106 cm³/mol. The van der Waals surface area contributed by atoms with Crippen molar-refractivity contribution < 1.29 is 9.47 Å². The molecule has 1 aliphatic rings.